The lowest BCUT2D eigenvalue weighted by Crippen LogP contribution is -2.28. The van der Waals surface area contributed by atoms with Gasteiger partial charge in [0.15, 0.2) is 6.10 Å². The molecule has 0 aliphatic rings. The number of alkyl halides is 3. The Balaban J connectivity index is 2.73. The van der Waals surface area contributed by atoms with Gasteiger partial charge < -0.3 is 9.84 Å². The summed E-state index contributed by atoms with van der Waals surface area (Å²) in [7, 11) is 0. The fraction of sp³-hybridized carbons (Fsp3) is 0.364. The Bertz CT molecular complexity index is 401. The van der Waals surface area contributed by atoms with Crippen LogP contribution in [0.25, 0.3) is 0 Å². The van der Waals surface area contributed by atoms with Gasteiger partial charge in [0, 0.05) is 0 Å². The van der Waals surface area contributed by atoms with E-state index in [0.717, 1.165) is 6.92 Å². The highest BCUT2D eigenvalue weighted by Gasteiger charge is 2.36. The number of carboxylic acid groups (broad SMARTS) is 1. The molecule has 1 aromatic rings. The number of rotatable bonds is 4. The molecule has 3 nitrogen and oxygen atoms in total. The molecule has 0 heterocycles. The smallest absolute Gasteiger partial charge is 0.414 e. The summed E-state index contributed by atoms with van der Waals surface area (Å²) in [6.07, 6.45) is -6.37. The Morgan fingerprint density at radius 1 is 1.41 bits per heavy atom. The molecule has 0 fully saturated rings. The van der Waals surface area contributed by atoms with Crippen molar-refractivity contribution >= 4 is 5.97 Å². The fourth-order valence-corrected chi connectivity index (χ4v) is 1.16. The SMILES string of the molecule is CC(OCc1ccccc1C(=O)O)C(F)(F)F. The third-order valence-electron chi connectivity index (χ3n) is 2.20. The summed E-state index contributed by atoms with van der Waals surface area (Å²) in [6, 6.07) is 5.79. The summed E-state index contributed by atoms with van der Waals surface area (Å²) in [5.41, 5.74) is 0.165. The van der Waals surface area contributed by atoms with Crippen LogP contribution in [0.5, 0.6) is 0 Å². The van der Waals surface area contributed by atoms with Crippen molar-refractivity contribution in [1.82, 2.24) is 0 Å². The van der Waals surface area contributed by atoms with E-state index in [-0.39, 0.29) is 17.7 Å². The van der Waals surface area contributed by atoms with Gasteiger partial charge in [0.25, 0.3) is 0 Å². The minimum atomic E-state index is -4.45. The first-order chi connectivity index (χ1) is 7.82. The normalized spacial score (nSPS) is 13.4. The number of hydrogen-bond donors (Lipinski definition) is 1. The van der Waals surface area contributed by atoms with Crippen LogP contribution in [0.1, 0.15) is 22.8 Å². The van der Waals surface area contributed by atoms with E-state index in [9.17, 15) is 18.0 Å². The summed E-state index contributed by atoms with van der Waals surface area (Å²) >= 11 is 0. The van der Waals surface area contributed by atoms with E-state index in [1.54, 1.807) is 6.07 Å². The van der Waals surface area contributed by atoms with Crippen molar-refractivity contribution in [1.29, 1.82) is 0 Å². The van der Waals surface area contributed by atoms with Gasteiger partial charge in [-0.2, -0.15) is 13.2 Å². The third kappa shape index (κ3) is 3.74. The molecule has 0 saturated heterocycles. The number of benzene rings is 1. The maximum atomic E-state index is 12.2. The van der Waals surface area contributed by atoms with Crippen LogP contribution < -0.4 is 0 Å². The van der Waals surface area contributed by atoms with Gasteiger partial charge >= 0.3 is 12.1 Å². The number of hydrogen-bond acceptors (Lipinski definition) is 2. The second-order valence-electron chi connectivity index (χ2n) is 3.46. The zero-order chi connectivity index (χ0) is 13.1. The van der Waals surface area contributed by atoms with E-state index in [2.05, 4.69) is 4.74 Å². The highest BCUT2D eigenvalue weighted by molar-refractivity contribution is 5.89. The molecule has 1 unspecified atom stereocenters. The zero-order valence-corrected chi connectivity index (χ0v) is 8.99. The molecule has 0 spiro atoms. The molecule has 1 aromatic carbocycles. The second-order valence-corrected chi connectivity index (χ2v) is 3.46. The number of carboxylic acids is 1. The van der Waals surface area contributed by atoms with Crippen molar-refractivity contribution in [2.75, 3.05) is 0 Å². The Hall–Kier alpha value is -1.56. The van der Waals surface area contributed by atoms with Crippen LogP contribution in [-0.4, -0.2) is 23.4 Å². The first-order valence-corrected chi connectivity index (χ1v) is 4.82. The topological polar surface area (TPSA) is 46.5 Å². The number of carbonyl (C=O) groups is 1. The van der Waals surface area contributed by atoms with E-state index < -0.39 is 18.2 Å². The molecule has 0 aliphatic carbocycles. The average Bonchev–Trinajstić information content (AvgIpc) is 2.24. The summed E-state index contributed by atoms with van der Waals surface area (Å²) < 4.78 is 41.1. The lowest BCUT2D eigenvalue weighted by molar-refractivity contribution is -0.217. The summed E-state index contributed by atoms with van der Waals surface area (Å²) in [5, 5.41) is 8.81. The Labute approximate surface area is 95.8 Å². The van der Waals surface area contributed by atoms with Crippen molar-refractivity contribution < 1.29 is 27.8 Å². The van der Waals surface area contributed by atoms with E-state index in [4.69, 9.17) is 5.11 Å². The van der Waals surface area contributed by atoms with Gasteiger partial charge in [-0.1, -0.05) is 18.2 Å². The maximum absolute atomic E-state index is 12.2. The highest BCUT2D eigenvalue weighted by atomic mass is 19.4. The average molecular weight is 248 g/mol. The zero-order valence-electron chi connectivity index (χ0n) is 8.99. The van der Waals surface area contributed by atoms with Crippen molar-refractivity contribution in [2.45, 2.75) is 25.8 Å². The van der Waals surface area contributed by atoms with Gasteiger partial charge in [-0.05, 0) is 18.6 Å². The van der Waals surface area contributed by atoms with Crippen LogP contribution in [0.2, 0.25) is 0 Å². The van der Waals surface area contributed by atoms with E-state index in [0.29, 0.717) is 0 Å². The van der Waals surface area contributed by atoms with Crippen LogP contribution in [-0.2, 0) is 11.3 Å². The van der Waals surface area contributed by atoms with Gasteiger partial charge in [0.2, 0.25) is 0 Å². The molecule has 0 amide bonds. The Morgan fingerprint density at radius 2 is 2.00 bits per heavy atom. The molecule has 6 heteroatoms. The molecule has 0 bridgehead atoms. The summed E-state index contributed by atoms with van der Waals surface area (Å²) in [5.74, 6) is -1.19. The monoisotopic (exact) mass is 248 g/mol. The molecule has 0 saturated carbocycles. The second kappa shape index (κ2) is 5.18. The lowest BCUT2D eigenvalue weighted by atomic mass is 10.1. The van der Waals surface area contributed by atoms with E-state index in [1.807, 2.05) is 0 Å². The van der Waals surface area contributed by atoms with Crippen molar-refractivity contribution in [3.63, 3.8) is 0 Å². The minimum Gasteiger partial charge on any atom is -0.478 e. The van der Waals surface area contributed by atoms with Gasteiger partial charge in [0.05, 0.1) is 12.2 Å². The fourth-order valence-electron chi connectivity index (χ4n) is 1.16. The molecule has 1 rings (SSSR count). The molecule has 0 aliphatic heterocycles. The molecular weight excluding hydrogens is 237 g/mol. The van der Waals surface area contributed by atoms with Crippen LogP contribution in [0.15, 0.2) is 24.3 Å². The molecule has 1 N–H and O–H groups in total. The molecule has 17 heavy (non-hydrogen) atoms. The number of aromatic carboxylic acids is 1. The van der Waals surface area contributed by atoms with Gasteiger partial charge in [-0.25, -0.2) is 4.79 Å². The van der Waals surface area contributed by atoms with Crippen molar-refractivity contribution in [3.8, 4) is 0 Å². The Kier molecular flexibility index (Phi) is 4.11. The maximum Gasteiger partial charge on any atom is 0.414 e. The van der Waals surface area contributed by atoms with E-state index in [1.165, 1.54) is 18.2 Å². The number of halogens is 3. The van der Waals surface area contributed by atoms with Crippen LogP contribution in [0.4, 0.5) is 13.2 Å². The Morgan fingerprint density at radius 3 is 2.53 bits per heavy atom. The summed E-state index contributed by atoms with van der Waals surface area (Å²) in [4.78, 5) is 10.8. The predicted molar refractivity (Wildman–Crippen MR) is 53.7 cm³/mol. The summed E-state index contributed by atoms with van der Waals surface area (Å²) in [6.45, 7) is 0.493. The molecule has 0 aromatic heterocycles. The van der Waals surface area contributed by atoms with E-state index >= 15 is 0 Å². The van der Waals surface area contributed by atoms with Gasteiger partial charge in [-0.3, -0.25) is 0 Å². The third-order valence-corrected chi connectivity index (χ3v) is 2.20. The molecule has 0 radical (unpaired) electrons. The van der Waals surface area contributed by atoms with Gasteiger partial charge in [0.1, 0.15) is 0 Å². The lowest BCUT2D eigenvalue weighted by Gasteiger charge is -2.16. The first kappa shape index (κ1) is 13.5. The molecular formula is C11H11F3O3. The van der Waals surface area contributed by atoms with Crippen molar-refractivity contribution in [3.05, 3.63) is 35.4 Å². The largest absolute Gasteiger partial charge is 0.478 e. The highest BCUT2D eigenvalue weighted by Crippen LogP contribution is 2.23. The predicted octanol–water partition coefficient (Wildman–Crippen LogP) is 2.85. The van der Waals surface area contributed by atoms with Gasteiger partial charge in [-0.15, -0.1) is 0 Å². The number of ether oxygens (including phenoxy) is 1. The molecule has 94 valence electrons. The van der Waals surface area contributed by atoms with Crippen molar-refractivity contribution in [2.24, 2.45) is 0 Å². The quantitative estimate of drug-likeness (QED) is 0.891. The first-order valence-electron chi connectivity index (χ1n) is 4.82. The van der Waals surface area contributed by atoms with Crippen LogP contribution in [0, 0.1) is 0 Å². The standard InChI is InChI=1S/C11H11F3O3/c1-7(11(12,13)14)17-6-8-4-2-3-5-9(8)10(15)16/h2-5,7H,6H2,1H3,(H,15,16). The van der Waals surface area contributed by atoms with Crippen LogP contribution in [0.3, 0.4) is 0 Å². The van der Waals surface area contributed by atoms with Crippen LogP contribution >= 0.6 is 0 Å². The minimum absolute atomic E-state index is 0.0538. The molecule has 1 atom stereocenters.